The summed E-state index contributed by atoms with van der Waals surface area (Å²) in [6.45, 7) is -0.0944. The van der Waals surface area contributed by atoms with Crippen molar-refractivity contribution in [3.05, 3.63) is 159 Å². The van der Waals surface area contributed by atoms with Gasteiger partial charge in [0.05, 0.1) is 38.0 Å². The highest BCUT2D eigenvalue weighted by atomic mass is 33.1. The number of aromatic amines is 1. The van der Waals surface area contributed by atoms with Crippen molar-refractivity contribution in [1.29, 1.82) is 0 Å². The number of hydrogen-bond donors (Lipinski definition) is 8. The lowest BCUT2D eigenvalue weighted by atomic mass is 9.60. The number of Topliss-reactive ketones (excluding diaryl/α,β-unsaturated/α-hetero) is 1. The van der Waals surface area contributed by atoms with Crippen LogP contribution in [0.2, 0.25) is 0 Å². The fourth-order valence-electron chi connectivity index (χ4n) is 12.0. The van der Waals surface area contributed by atoms with E-state index >= 15 is 0 Å². The predicted octanol–water partition coefficient (Wildman–Crippen LogP) is 9.15. The Morgan fingerprint density at radius 2 is 1.72 bits per heavy atom. The van der Waals surface area contributed by atoms with Gasteiger partial charge in [-0.05, 0) is 145 Å². The number of phenols is 2. The van der Waals surface area contributed by atoms with Gasteiger partial charge in [0, 0.05) is 70.7 Å². The number of phenolic OH excluding ortho intramolecular Hbond substituents is 2. The molecule has 0 saturated heterocycles. The first-order valence-corrected chi connectivity index (χ1v) is 27.9. The Hall–Kier alpha value is -5.30. The van der Waals surface area contributed by atoms with Gasteiger partial charge in [-0.25, -0.2) is 0 Å². The summed E-state index contributed by atoms with van der Waals surface area (Å²) >= 11 is 0. The molecule has 2 heterocycles. The number of aryl methyl sites for hydroxylation is 2. The van der Waals surface area contributed by atoms with Gasteiger partial charge in [-0.15, -0.1) is 0 Å². The van der Waals surface area contributed by atoms with Crippen molar-refractivity contribution in [1.82, 2.24) is 4.98 Å². The van der Waals surface area contributed by atoms with E-state index in [1.807, 2.05) is 36.4 Å². The predicted molar refractivity (Wildman–Crippen MR) is 285 cm³/mol. The number of H-pyrrole nitrogens is 1. The number of nitrogens with two attached hydrogens (primary N) is 2. The van der Waals surface area contributed by atoms with Crippen LogP contribution < -0.4 is 16.2 Å². The molecule has 0 radical (unpaired) electrons. The molecule has 4 aliphatic rings. The van der Waals surface area contributed by atoms with Crippen molar-refractivity contribution in [3.8, 4) is 29.1 Å². The van der Waals surface area contributed by atoms with Gasteiger partial charge >= 0.3 is 0 Å². The maximum Gasteiger partial charge on any atom is 0.165 e. The van der Waals surface area contributed by atoms with Gasteiger partial charge in [0.15, 0.2) is 23.1 Å². The van der Waals surface area contributed by atoms with Crippen LogP contribution in [0, 0.1) is 34.5 Å². The second-order valence-electron chi connectivity index (χ2n) is 20.7. The zero-order valence-corrected chi connectivity index (χ0v) is 42.4. The number of aliphatic hydroxyl groups is 3. The van der Waals surface area contributed by atoms with E-state index in [4.69, 9.17) is 16.2 Å². The highest BCUT2D eigenvalue weighted by molar-refractivity contribution is 8.76. The average molecular weight is 1010 g/mol. The Bertz CT molecular complexity index is 2840. The SMILES string of the molecule is NC(N)c1cc2c3cc1CSSCC14CCC(CC(CCc5ccccc5)CC(O)CO)C(C=CC(=O)CCc5ccc(O)c(c5)OCCc5ccc(O)c(c5)C3CC(=O)c3cc[nH]c3CC#C2)(CC1O)C4. The third kappa shape index (κ3) is 11.7. The molecule has 378 valence electrons. The number of carbonyl (C=O) groups is 2. The molecule has 0 amide bonds. The molecule has 7 unspecified atom stereocenters. The van der Waals surface area contributed by atoms with Gasteiger partial charge in [0.25, 0.3) is 0 Å². The minimum atomic E-state index is -0.832. The number of carbonyl (C=O) groups excluding carboxylic acids is 2. The first-order valence-electron chi connectivity index (χ1n) is 25.4. The Morgan fingerprint density at radius 1 is 0.917 bits per heavy atom. The maximum absolute atomic E-state index is 14.3. The van der Waals surface area contributed by atoms with E-state index in [-0.39, 0.29) is 61.0 Å². The lowest BCUT2D eigenvalue weighted by Crippen LogP contribution is -2.39. The summed E-state index contributed by atoms with van der Waals surface area (Å²) in [7, 11) is 3.39. The summed E-state index contributed by atoms with van der Waals surface area (Å²) < 4.78 is 6.19. The zero-order valence-electron chi connectivity index (χ0n) is 40.7. The van der Waals surface area contributed by atoms with E-state index in [1.165, 1.54) is 5.56 Å². The lowest BCUT2D eigenvalue weighted by molar-refractivity contribution is -0.114. The summed E-state index contributed by atoms with van der Waals surface area (Å²) in [5.74, 6) is 7.79. The number of nitrogens with one attached hydrogen (secondary N) is 1. The van der Waals surface area contributed by atoms with Crippen molar-refractivity contribution >= 4 is 33.2 Å². The second-order valence-corrected chi connectivity index (χ2v) is 23.2. The van der Waals surface area contributed by atoms with Crippen LogP contribution in [0.1, 0.15) is 130 Å². The summed E-state index contributed by atoms with van der Waals surface area (Å²) in [6, 6.07) is 26.7. The van der Waals surface area contributed by atoms with Crippen LogP contribution >= 0.6 is 21.6 Å². The maximum atomic E-state index is 14.3. The molecular weight excluding hydrogens is 943 g/mol. The molecule has 13 heteroatoms. The lowest BCUT2D eigenvalue weighted by Gasteiger charge is -2.45. The minimum absolute atomic E-state index is 0.0152. The number of allylic oxidation sites excluding steroid dienone is 2. The van der Waals surface area contributed by atoms with Crippen LogP contribution in [-0.4, -0.2) is 73.3 Å². The Balaban J connectivity index is 1.07. The molecule has 9 rings (SSSR count). The molecule has 4 aromatic carbocycles. The number of aromatic nitrogens is 1. The highest BCUT2D eigenvalue weighted by Gasteiger charge is 2.59. The largest absolute Gasteiger partial charge is 0.508 e. The fourth-order valence-corrected chi connectivity index (χ4v) is 14.8. The van der Waals surface area contributed by atoms with Crippen LogP contribution in [0.25, 0.3) is 0 Å². The standard InChI is InChI=1S/C59H67N3O8S2/c60-57(61)48-29-41-7-4-8-51-46(19-23-62-51)54(68)31-49-47(41)30-42(48)34-71-72-36-59-21-17-43(25-40(26-45(65)33-63)10-9-37-5-2-1-3-6-37)58(35-59,32-56(59)69)22-18-44(64)14-11-38-13-16-53(67)55(28-38)70-24-20-39-12-15-52(66)50(49)27-39/h1-3,5-6,12-13,15-16,18-19,22-23,27-30,40,43,45,49,56-57,62-63,65-67,69H,8-11,14,17,20-21,24-26,31-36,60-61H2. The highest BCUT2D eigenvalue weighted by Crippen LogP contribution is 2.64. The summed E-state index contributed by atoms with van der Waals surface area (Å²) in [5.41, 5.74) is 20.1. The number of benzene rings is 4. The van der Waals surface area contributed by atoms with Gasteiger partial charge < -0.3 is 46.7 Å². The van der Waals surface area contributed by atoms with Crippen molar-refractivity contribution in [2.24, 2.45) is 34.1 Å². The first kappa shape index (κ1) is 51.6. The van der Waals surface area contributed by atoms with Gasteiger partial charge in [-0.1, -0.05) is 94.1 Å². The second kappa shape index (κ2) is 22.9. The van der Waals surface area contributed by atoms with Crippen molar-refractivity contribution in [2.45, 2.75) is 114 Å². The molecule has 7 atom stereocenters. The quantitative estimate of drug-likeness (QED) is 0.0395. The third-order valence-electron chi connectivity index (χ3n) is 16.0. The Kier molecular flexibility index (Phi) is 16.4. The molecule has 1 aliphatic heterocycles. The molecule has 11 nitrogen and oxygen atoms in total. The van der Waals surface area contributed by atoms with E-state index in [0.717, 1.165) is 65.6 Å². The fraction of sp³-hybridized carbons (Fsp3) is 0.424. The molecule has 8 bridgehead atoms. The van der Waals surface area contributed by atoms with Gasteiger partial charge in [0.2, 0.25) is 0 Å². The molecule has 1 aromatic heterocycles. The summed E-state index contributed by atoms with van der Waals surface area (Å²) in [4.78, 5) is 31.4. The summed E-state index contributed by atoms with van der Waals surface area (Å²) in [5, 5.41) is 55.5. The number of ketones is 2. The Labute approximate surface area is 430 Å². The molecule has 72 heavy (non-hydrogen) atoms. The van der Waals surface area contributed by atoms with Crippen LogP contribution in [0.15, 0.2) is 103 Å². The molecule has 10 N–H and O–H groups in total. The third-order valence-corrected chi connectivity index (χ3v) is 18.5. The normalized spacial score (nSPS) is 24.4. The van der Waals surface area contributed by atoms with E-state index in [0.29, 0.717) is 72.5 Å². The zero-order chi connectivity index (χ0) is 50.4. The number of aromatic hydroxyl groups is 2. The number of aliphatic hydroxyl groups excluding tert-OH is 3. The minimum Gasteiger partial charge on any atom is -0.508 e. The van der Waals surface area contributed by atoms with Crippen LogP contribution in [0.4, 0.5) is 0 Å². The average Bonchev–Trinajstić information content (AvgIpc) is 3.94. The smallest absolute Gasteiger partial charge is 0.165 e. The Morgan fingerprint density at radius 3 is 2.53 bits per heavy atom. The molecule has 0 spiro atoms. The number of ether oxygens (including phenoxy) is 1. The van der Waals surface area contributed by atoms with Gasteiger partial charge in [-0.3, -0.25) is 9.59 Å². The molecule has 2 saturated carbocycles. The molecule has 3 aliphatic carbocycles. The van der Waals surface area contributed by atoms with Crippen LogP contribution in [-0.2, 0) is 36.2 Å². The van der Waals surface area contributed by atoms with Crippen molar-refractivity contribution in [3.63, 3.8) is 0 Å². The molecular formula is C59H67N3O8S2. The van der Waals surface area contributed by atoms with Crippen molar-refractivity contribution < 1.29 is 39.9 Å². The van der Waals surface area contributed by atoms with E-state index in [1.54, 1.807) is 64.2 Å². The van der Waals surface area contributed by atoms with Crippen LogP contribution in [0.5, 0.6) is 17.2 Å². The van der Waals surface area contributed by atoms with E-state index in [9.17, 15) is 35.1 Å². The first-order chi connectivity index (χ1) is 34.8. The summed E-state index contributed by atoms with van der Waals surface area (Å²) in [6.07, 6.45) is 10.7. The van der Waals surface area contributed by atoms with E-state index < -0.39 is 35.1 Å². The number of fused-ring (bicyclic) bond motifs is 7. The number of hydrogen-bond acceptors (Lipinski definition) is 12. The van der Waals surface area contributed by atoms with Gasteiger partial charge in [-0.2, -0.15) is 0 Å². The van der Waals surface area contributed by atoms with Crippen LogP contribution in [0.3, 0.4) is 0 Å². The molecule has 2 fully saturated rings. The topological polar surface area (TPSA) is 212 Å². The number of rotatable bonds is 9. The van der Waals surface area contributed by atoms with Gasteiger partial charge in [0.1, 0.15) is 5.75 Å². The van der Waals surface area contributed by atoms with E-state index in [2.05, 4.69) is 41.1 Å². The monoisotopic (exact) mass is 1010 g/mol. The molecule has 5 aromatic rings. The van der Waals surface area contributed by atoms with Crippen molar-refractivity contribution in [2.75, 3.05) is 19.0 Å².